The van der Waals surface area contributed by atoms with Crippen molar-refractivity contribution in [1.82, 2.24) is 10.5 Å². The molecule has 0 bridgehead atoms. The second-order valence-corrected chi connectivity index (χ2v) is 7.22. The average Bonchev–Trinajstić information content (AvgIpc) is 2.93. The second-order valence-electron chi connectivity index (χ2n) is 7.22. The summed E-state index contributed by atoms with van der Waals surface area (Å²) in [6, 6.07) is 10.7. The predicted octanol–water partition coefficient (Wildman–Crippen LogP) is 3.47. The monoisotopic (exact) mass is 300 g/mol. The Morgan fingerprint density at radius 1 is 1.23 bits per heavy atom. The van der Waals surface area contributed by atoms with Gasteiger partial charge in [0.05, 0.1) is 0 Å². The molecule has 1 aliphatic rings. The normalized spacial score (nSPS) is 22.7. The lowest BCUT2D eigenvalue weighted by molar-refractivity contribution is 0.295. The summed E-state index contributed by atoms with van der Waals surface area (Å²) in [5, 5.41) is 5.99. The molecular weight excluding hydrogens is 276 g/mol. The van der Waals surface area contributed by atoms with E-state index in [0.717, 1.165) is 25.1 Å². The minimum absolute atomic E-state index is 0.150. The third-order valence-corrected chi connectivity index (χ3v) is 4.50. The first-order chi connectivity index (χ1) is 10.4. The number of hydrogen-bond donors (Lipinski definition) is 2. The van der Waals surface area contributed by atoms with Crippen LogP contribution in [0.15, 0.2) is 39.6 Å². The quantitative estimate of drug-likeness (QED) is 0.893. The molecule has 4 nitrogen and oxygen atoms in total. The van der Waals surface area contributed by atoms with E-state index in [9.17, 15) is 4.79 Å². The van der Waals surface area contributed by atoms with Crippen molar-refractivity contribution in [3.05, 3.63) is 57.6 Å². The Morgan fingerprint density at radius 3 is 2.73 bits per heavy atom. The van der Waals surface area contributed by atoms with E-state index in [1.54, 1.807) is 6.07 Å². The van der Waals surface area contributed by atoms with Crippen LogP contribution in [0.2, 0.25) is 0 Å². The summed E-state index contributed by atoms with van der Waals surface area (Å²) < 4.78 is 5.30. The molecule has 0 radical (unpaired) electrons. The average molecular weight is 300 g/mol. The first-order valence-corrected chi connectivity index (χ1v) is 7.96. The smallest absolute Gasteiger partial charge is 0.280 e. The third kappa shape index (κ3) is 3.17. The molecule has 0 saturated carbocycles. The highest BCUT2D eigenvalue weighted by molar-refractivity contribution is 5.31. The van der Waals surface area contributed by atoms with E-state index < -0.39 is 0 Å². The molecule has 3 rings (SSSR count). The highest BCUT2D eigenvalue weighted by Gasteiger charge is 2.27. The molecule has 0 aliphatic carbocycles. The number of piperidine rings is 1. The van der Waals surface area contributed by atoms with Crippen LogP contribution in [0.1, 0.15) is 62.5 Å². The van der Waals surface area contributed by atoms with Gasteiger partial charge in [-0.3, -0.25) is 4.79 Å². The van der Waals surface area contributed by atoms with Crippen LogP contribution in [0, 0.1) is 0 Å². The summed E-state index contributed by atoms with van der Waals surface area (Å²) in [5.41, 5.74) is 2.66. The Morgan fingerprint density at radius 2 is 2.05 bits per heavy atom. The maximum Gasteiger partial charge on any atom is 0.280 e. The Balaban J connectivity index is 1.81. The predicted molar refractivity (Wildman–Crippen MR) is 87.2 cm³/mol. The maximum atomic E-state index is 11.3. The highest BCUT2D eigenvalue weighted by Crippen LogP contribution is 2.34. The minimum atomic E-state index is -0.153. The van der Waals surface area contributed by atoms with Crippen molar-refractivity contribution in [3.63, 3.8) is 0 Å². The van der Waals surface area contributed by atoms with E-state index in [1.165, 1.54) is 11.1 Å². The van der Waals surface area contributed by atoms with E-state index in [2.05, 4.69) is 55.5 Å². The van der Waals surface area contributed by atoms with E-state index >= 15 is 0 Å². The van der Waals surface area contributed by atoms with Crippen molar-refractivity contribution < 1.29 is 4.52 Å². The Hall–Kier alpha value is -1.81. The molecule has 2 heterocycles. The summed E-state index contributed by atoms with van der Waals surface area (Å²) >= 11 is 0. The van der Waals surface area contributed by atoms with Crippen molar-refractivity contribution in [2.75, 3.05) is 6.54 Å². The molecule has 0 unspecified atom stereocenters. The van der Waals surface area contributed by atoms with Gasteiger partial charge in [-0.2, -0.15) is 5.16 Å². The lowest BCUT2D eigenvalue weighted by Gasteiger charge is -2.30. The summed E-state index contributed by atoms with van der Waals surface area (Å²) in [6.07, 6.45) is 1.95. The van der Waals surface area contributed by atoms with Crippen LogP contribution in [-0.4, -0.2) is 11.7 Å². The van der Waals surface area contributed by atoms with Gasteiger partial charge >= 0.3 is 0 Å². The molecule has 118 valence electrons. The van der Waals surface area contributed by atoms with Crippen LogP contribution in [0.3, 0.4) is 0 Å². The van der Waals surface area contributed by atoms with Gasteiger partial charge in [-0.05, 0) is 35.9 Å². The van der Waals surface area contributed by atoms with E-state index in [1.807, 2.05) is 0 Å². The second kappa shape index (κ2) is 5.76. The largest absolute Gasteiger partial charge is 0.383 e. The lowest BCUT2D eigenvalue weighted by atomic mass is 9.83. The van der Waals surface area contributed by atoms with Gasteiger partial charge in [0.25, 0.3) is 5.56 Å². The van der Waals surface area contributed by atoms with Crippen LogP contribution < -0.4 is 10.9 Å². The first kappa shape index (κ1) is 15.1. The van der Waals surface area contributed by atoms with Crippen molar-refractivity contribution >= 4 is 0 Å². The number of aromatic amines is 1. The number of nitrogens with one attached hydrogen (secondary N) is 2. The van der Waals surface area contributed by atoms with Crippen molar-refractivity contribution in [1.29, 1.82) is 0 Å². The van der Waals surface area contributed by atoms with Gasteiger partial charge in [-0.1, -0.05) is 45.0 Å². The summed E-state index contributed by atoms with van der Waals surface area (Å²) in [6.45, 7) is 7.64. The fourth-order valence-electron chi connectivity index (χ4n) is 3.15. The fraction of sp³-hybridized carbons (Fsp3) is 0.500. The van der Waals surface area contributed by atoms with Crippen molar-refractivity contribution in [3.8, 4) is 0 Å². The molecule has 1 aliphatic heterocycles. The maximum absolute atomic E-state index is 11.3. The summed E-state index contributed by atoms with van der Waals surface area (Å²) in [5.74, 6) is 1.08. The van der Waals surface area contributed by atoms with E-state index in [0.29, 0.717) is 12.0 Å². The zero-order valence-corrected chi connectivity index (χ0v) is 13.5. The molecule has 1 aromatic heterocycles. The van der Waals surface area contributed by atoms with Gasteiger partial charge in [-0.25, -0.2) is 0 Å². The molecule has 0 amide bonds. The number of H-pyrrole nitrogens is 1. The summed E-state index contributed by atoms with van der Waals surface area (Å²) in [7, 11) is 0. The zero-order valence-electron chi connectivity index (χ0n) is 13.5. The molecule has 2 N–H and O–H groups in total. The highest BCUT2D eigenvalue weighted by atomic mass is 16.5. The number of rotatable bonds is 2. The van der Waals surface area contributed by atoms with Gasteiger partial charge in [0.2, 0.25) is 0 Å². The number of benzene rings is 1. The van der Waals surface area contributed by atoms with E-state index in [-0.39, 0.29) is 11.0 Å². The summed E-state index contributed by atoms with van der Waals surface area (Å²) in [4.78, 5) is 11.3. The van der Waals surface area contributed by atoms with Crippen LogP contribution in [0.5, 0.6) is 0 Å². The SMILES string of the molecule is CC(C)(C)c1cccc([C@H]2C[C@@H](c3cc(=O)[nH]o3)CCN2)c1. The molecular formula is C18H24N2O2. The minimum Gasteiger partial charge on any atom is -0.383 e. The topological polar surface area (TPSA) is 58.0 Å². The molecule has 1 fully saturated rings. The third-order valence-electron chi connectivity index (χ3n) is 4.50. The Bertz CT molecular complexity index is 693. The van der Waals surface area contributed by atoms with Crippen LogP contribution in [0.25, 0.3) is 0 Å². The zero-order chi connectivity index (χ0) is 15.7. The number of aromatic nitrogens is 1. The Kier molecular flexibility index (Phi) is 3.96. The van der Waals surface area contributed by atoms with Gasteiger partial charge in [0.1, 0.15) is 5.76 Å². The first-order valence-electron chi connectivity index (χ1n) is 7.96. The molecule has 22 heavy (non-hydrogen) atoms. The van der Waals surface area contributed by atoms with Crippen LogP contribution >= 0.6 is 0 Å². The van der Waals surface area contributed by atoms with Crippen LogP contribution in [-0.2, 0) is 5.41 Å². The fourth-order valence-corrected chi connectivity index (χ4v) is 3.15. The standard InChI is InChI=1S/C18H24N2O2/c1-18(2,3)14-6-4-5-12(9-14)15-10-13(7-8-19-15)16-11-17(21)20-22-16/h4-6,9,11,13,15,19H,7-8,10H2,1-3H3,(H,20,21)/t13-,15+/m0/s1. The van der Waals surface area contributed by atoms with Gasteiger partial charge < -0.3 is 9.84 Å². The van der Waals surface area contributed by atoms with Gasteiger partial charge in [0.15, 0.2) is 0 Å². The molecule has 0 spiro atoms. The molecule has 1 aromatic carbocycles. The van der Waals surface area contributed by atoms with Crippen molar-refractivity contribution in [2.45, 2.75) is 51.0 Å². The van der Waals surface area contributed by atoms with Gasteiger partial charge in [0, 0.05) is 18.0 Å². The van der Waals surface area contributed by atoms with Crippen LogP contribution in [0.4, 0.5) is 0 Å². The number of hydrogen-bond acceptors (Lipinski definition) is 3. The Labute approximate surface area is 130 Å². The van der Waals surface area contributed by atoms with E-state index in [4.69, 9.17) is 4.52 Å². The molecule has 2 atom stereocenters. The molecule has 2 aromatic rings. The van der Waals surface area contributed by atoms with Gasteiger partial charge in [-0.15, -0.1) is 0 Å². The van der Waals surface area contributed by atoms with Crippen molar-refractivity contribution in [2.24, 2.45) is 0 Å². The lowest BCUT2D eigenvalue weighted by Crippen LogP contribution is -2.31. The molecule has 1 saturated heterocycles. The molecule has 4 heteroatoms.